The molecule has 24 heavy (non-hydrogen) atoms. The van der Waals surface area contributed by atoms with Gasteiger partial charge in [-0.25, -0.2) is 22.0 Å². The molecule has 0 amide bonds. The zero-order valence-corrected chi connectivity index (χ0v) is 11.1. The zero-order chi connectivity index (χ0) is 17.8. The molecule has 126 valence electrons. The highest BCUT2D eigenvalue weighted by Gasteiger charge is 2.30. The van der Waals surface area contributed by atoms with E-state index in [0.29, 0.717) is 0 Å². The van der Waals surface area contributed by atoms with E-state index in [-0.39, 0.29) is 0 Å². The van der Waals surface area contributed by atoms with Crippen LogP contribution in [0.15, 0.2) is 12.4 Å². The number of rotatable bonds is 2. The summed E-state index contributed by atoms with van der Waals surface area (Å²) in [6.45, 7) is 0. The molecular weight excluding hydrogens is 350 g/mol. The van der Waals surface area contributed by atoms with E-state index in [1.165, 1.54) is 0 Å². The summed E-state index contributed by atoms with van der Waals surface area (Å²) in [5.74, 6) is -21.0. The third-order valence-corrected chi connectivity index (χ3v) is 3.18. The fraction of sp³-hybridized carbons (Fsp3) is 0. The van der Waals surface area contributed by atoms with Gasteiger partial charge in [0.05, 0.1) is 0 Å². The average molecular weight is 353 g/mol. The first kappa shape index (κ1) is 16.1. The third kappa shape index (κ3) is 2.09. The topological polar surface area (TPSA) is 25.0 Å². The summed E-state index contributed by atoms with van der Waals surface area (Å²) in [4.78, 5) is 2.27. The highest BCUT2D eigenvalue weighted by atomic mass is 19.2. The number of halogens is 8. The Morgan fingerprint density at radius 1 is 0.500 bits per heavy atom. The van der Waals surface area contributed by atoms with E-state index in [2.05, 4.69) is 9.72 Å². The van der Waals surface area contributed by atoms with Crippen LogP contribution in [0.2, 0.25) is 0 Å². The lowest BCUT2D eigenvalue weighted by Crippen LogP contribution is -2.06. The number of fused-ring (bicyclic) bond motifs is 1. The van der Waals surface area contributed by atoms with Crippen molar-refractivity contribution in [3.63, 3.8) is 0 Å². The first-order valence-corrected chi connectivity index (χ1v) is 6.07. The molecule has 0 atom stereocenters. The Morgan fingerprint density at radius 2 is 0.875 bits per heavy atom. The van der Waals surface area contributed by atoms with E-state index in [9.17, 15) is 35.1 Å². The summed E-state index contributed by atoms with van der Waals surface area (Å²) in [7, 11) is 0. The Kier molecular flexibility index (Phi) is 3.61. The van der Waals surface area contributed by atoms with Gasteiger partial charge in [0.15, 0.2) is 11.6 Å². The van der Waals surface area contributed by atoms with Gasteiger partial charge in [-0.05, 0) is 0 Å². The maximum Gasteiger partial charge on any atom is 0.207 e. The van der Waals surface area contributed by atoms with Crippen molar-refractivity contribution in [3.8, 4) is 11.5 Å². The van der Waals surface area contributed by atoms with Crippen LogP contribution in [-0.2, 0) is 0 Å². The lowest BCUT2D eigenvalue weighted by atomic mass is 10.2. The molecule has 1 heterocycles. The number of H-pyrrole nitrogens is 1. The Bertz CT molecular complexity index is 952. The van der Waals surface area contributed by atoms with Crippen LogP contribution in [0.3, 0.4) is 0 Å². The predicted octanol–water partition coefficient (Wildman–Crippen LogP) is 5.07. The second-order valence-corrected chi connectivity index (χ2v) is 4.55. The quantitative estimate of drug-likeness (QED) is 0.388. The van der Waals surface area contributed by atoms with Crippen molar-refractivity contribution in [3.05, 3.63) is 58.9 Å². The lowest BCUT2D eigenvalue weighted by molar-refractivity contribution is 0.315. The predicted molar refractivity (Wildman–Crippen MR) is 64.5 cm³/mol. The minimum Gasteiger partial charge on any atom is -0.445 e. The molecule has 1 N–H and O–H groups in total. The van der Waals surface area contributed by atoms with Gasteiger partial charge in [-0.15, -0.1) is 0 Å². The summed E-state index contributed by atoms with van der Waals surface area (Å²) >= 11 is 0. The number of hydrogen-bond acceptors (Lipinski definition) is 1. The number of aromatic amines is 1. The van der Waals surface area contributed by atoms with Crippen molar-refractivity contribution in [2.24, 2.45) is 0 Å². The van der Waals surface area contributed by atoms with Gasteiger partial charge in [0.2, 0.25) is 46.4 Å². The second-order valence-electron chi connectivity index (χ2n) is 4.55. The number of ether oxygens (including phenoxy) is 1. The number of benzene rings is 2. The fourth-order valence-corrected chi connectivity index (χ4v) is 2.03. The van der Waals surface area contributed by atoms with Crippen molar-refractivity contribution in [1.29, 1.82) is 0 Å². The van der Waals surface area contributed by atoms with Crippen LogP contribution >= 0.6 is 0 Å². The molecule has 0 saturated heterocycles. The summed E-state index contributed by atoms with van der Waals surface area (Å²) in [5, 5.41) is -1.08. The summed E-state index contributed by atoms with van der Waals surface area (Å²) in [5.41, 5.74) is 0. The summed E-state index contributed by atoms with van der Waals surface area (Å²) in [6, 6.07) is 0. The minimum atomic E-state index is -2.48. The largest absolute Gasteiger partial charge is 0.445 e. The van der Waals surface area contributed by atoms with Gasteiger partial charge in [0, 0.05) is 23.2 Å². The standard InChI is InChI=1S/C14H3F8NO/c15-5-3-1-23-2-4(3)6(16)13(10(5)20)24-14-11(21)8(18)7(17)9(19)12(14)22/h1-2,23H. The van der Waals surface area contributed by atoms with Crippen LogP contribution in [0, 0.1) is 46.5 Å². The SMILES string of the molecule is Fc1c(F)c(F)c(Oc2c(F)c(F)c3c[nH]cc3c2F)c(F)c1F. The Labute approximate surface area is 127 Å². The number of nitrogens with one attached hydrogen (secondary N) is 1. The monoisotopic (exact) mass is 353 g/mol. The molecule has 3 rings (SSSR count). The Balaban J connectivity index is 2.26. The van der Waals surface area contributed by atoms with E-state index in [4.69, 9.17) is 0 Å². The van der Waals surface area contributed by atoms with Crippen LogP contribution in [0.5, 0.6) is 11.5 Å². The molecule has 1 aromatic heterocycles. The van der Waals surface area contributed by atoms with Crippen LogP contribution in [0.25, 0.3) is 10.8 Å². The van der Waals surface area contributed by atoms with E-state index in [1.807, 2.05) is 0 Å². The molecule has 0 unspecified atom stereocenters. The van der Waals surface area contributed by atoms with Gasteiger partial charge in [0.1, 0.15) is 0 Å². The van der Waals surface area contributed by atoms with E-state index in [0.717, 1.165) is 12.4 Å². The molecule has 10 heteroatoms. The third-order valence-electron chi connectivity index (χ3n) is 3.18. The lowest BCUT2D eigenvalue weighted by Gasteiger charge is -2.12. The smallest absolute Gasteiger partial charge is 0.207 e. The molecule has 0 aliphatic carbocycles. The first-order chi connectivity index (χ1) is 11.3. The molecule has 2 aromatic carbocycles. The highest BCUT2D eigenvalue weighted by Crippen LogP contribution is 2.38. The zero-order valence-electron chi connectivity index (χ0n) is 11.1. The summed E-state index contributed by atoms with van der Waals surface area (Å²) < 4.78 is 112. The molecule has 0 aliphatic heterocycles. The average Bonchev–Trinajstić information content (AvgIpc) is 3.06. The van der Waals surface area contributed by atoms with Gasteiger partial charge < -0.3 is 9.72 Å². The van der Waals surface area contributed by atoms with Gasteiger partial charge in [-0.2, -0.15) is 13.2 Å². The summed E-state index contributed by atoms with van der Waals surface area (Å²) in [6.07, 6.45) is 1.79. The van der Waals surface area contributed by atoms with Gasteiger partial charge in [0.25, 0.3) is 0 Å². The molecule has 0 fully saturated rings. The van der Waals surface area contributed by atoms with Gasteiger partial charge >= 0.3 is 0 Å². The molecular formula is C14H3F8NO. The van der Waals surface area contributed by atoms with Crippen LogP contribution < -0.4 is 4.74 Å². The van der Waals surface area contributed by atoms with E-state index in [1.54, 1.807) is 0 Å². The Morgan fingerprint density at radius 3 is 1.42 bits per heavy atom. The maximum absolute atomic E-state index is 14.1. The molecule has 0 bridgehead atoms. The van der Waals surface area contributed by atoms with Crippen molar-refractivity contribution in [1.82, 2.24) is 4.98 Å². The normalized spacial score (nSPS) is 11.3. The van der Waals surface area contributed by atoms with Crippen molar-refractivity contribution in [2.75, 3.05) is 0 Å². The van der Waals surface area contributed by atoms with E-state index < -0.39 is 68.8 Å². The van der Waals surface area contributed by atoms with Crippen LogP contribution in [-0.4, -0.2) is 4.98 Å². The van der Waals surface area contributed by atoms with Crippen LogP contribution in [0.4, 0.5) is 35.1 Å². The molecule has 3 aromatic rings. The minimum absolute atomic E-state index is 0.533. The Hall–Kier alpha value is -2.78. The first-order valence-electron chi connectivity index (χ1n) is 6.07. The number of aromatic nitrogens is 1. The van der Waals surface area contributed by atoms with Crippen molar-refractivity contribution >= 4 is 10.8 Å². The van der Waals surface area contributed by atoms with Crippen LogP contribution in [0.1, 0.15) is 0 Å². The van der Waals surface area contributed by atoms with Gasteiger partial charge in [-0.1, -0.05) is 0 Å². The molecule has 0 radical (unpaired) electrons. The highest BCUT2D eigenvalue weighted by molar-refractivity contribution is 5.85. The fourth-order valence-electron chi connectivity index (χ4n) is 2.03. The maximum atomic E-state index is 14.1. The number of hydrogen-bond donors (Lipinski definition) is 1. The second kappa shape index (κ2) is 5.39. The van der Waals surface area contributed by atoms with Crippen molar-refractivity contribution < 1.29 is 39.9 Å². The molecule has 0 saturated carbocycles. The van der Waals surface area contributed by atoms with Gasteiger partial charge in [-0.3, -0.25) is 0 Å². The van der Waals surface area contributed by atoms with Crippen molar-refractivity contribution in [2.45, 2.75) is 0 Å². The van der Waals surface area contributed by atoms with E-state index >= 15 is 0 Å². The molecule has 2 nitrogen and oxygen atoms in total. The molecule has 0 aliphatic rings. The molecule has 0 spiro atoms.